The Morgan fingerprint density at radius 2 is 1.94 bits per heavy atom. The molecule has 0 radical (unpaired) electrons. The summed E-state index contributed by atoms with van der Waals surface area (Å²) in [6, 6.07) is 9.31. The first kappa shape index (κ1) is 23.4. The Morgan fingerprint density at radius 3 is 2.61 bits per heavy atom. The van der Waals surface area contributed by atoms with Gasteiger partial charge in [0.25, 0.3) is 20.3 Å². The van der Waals surface area contributed by atoms with E-state index in [2.05, 4.69) is 20.2 Å². The van der Waals surface area contributed by atoms with Crippen LogP contribution in [-0.4, -0.2) is 37.0 Å². The lowest BCUT2D eigenvalue weighted by Gasteiger charge is -2.19. The molecule has 1 fully saturated rings. The minimum Gasteiger partial charge on any atom is -0.312 e. The van der Waals surface area contributed by atoms with Gasteiger partial charge < -0.3 is 4.90 Å². The topological polar surface area (TPSA) is 121 Å². The van der Waals surface area contributed by atoms with Crippen molar-refractivity contribution in [2.45, 2.75) is 24.1 Å². The van der Waals surface area contributed by atoms with Gasteiger partial charge >= 0.3 is 0 Å². The minimum atomic E-state index is -4.05. The van der Waals surface area contributed by atoms with E-state index in [1.165, 1.54) is 18.2 Å². The zero-order valence-corrected chi connectivity index (χ0v) is 20.3. The molecule has 172 valence electrons. The van der Waals surface area contributed by atoms with E-state index in [9.17, 15) is 18.0 Å². The first-order valence-electron chi connectivity index (χ1n) is 9.68. The molecular formula is C20H17Cl2N5O4S2. The van der Waals surface area contributed by atoms with Crippen molar-refractivity contribution in [1.29, 1.82) is 0 Å². The highest BCUT2D eigenvalue weighted by molar-refractivity contribution is 7.94. The molecule has 0 atom stereocenters. The van der Waals surface area contributed by atoms with Crippen LogP contribution in [0.1, 0.15) is 28.8 Å². The van der Waals surface area contributed by atoms with Crippen LogP contribution in [0.4, 0.5) is 16.5 Å². The van der Waals surface area contributed by atoms with Crippen LogP contribution >= 0.6 is 34.5 Å². The molecule has 9 nitrogen and oxygen atoms in total. The second kappa shape index (κ2) is 9.26. The van der Waals surface area contributed by atoms with E-state index in [1.54, 1.807) is 30.0 Å². The van der Waals surface area contributed by atoms with Crippen molar-refractivity contribution in [1.82, 2.24) is 10.2 Å². The van der Waals surface area contributed by atoms with Crippen molar-refractivity contribution >= 4 is 72.9 Å². The Labute approximate surface area is 203 Å². The molecule has 1 aliphatic rings. The van der Waals surface area contributed by atoms with Crippen molar-refractivity contribution < 1.29 is 18.0 Å². The second-order valence-electron chi connectivity index (χ2n) is 7.21. The molecule has 13 heteroatoms. The summed E-state index contributed by atoms with van der Waals surface area (Å²) >= 11 is 12.6. The van der Waals surface area contributed by atoms with Crippen LogP contribution in [0.2, 0.25) is 10.0 Å². The van der Waals surface area contributed by atoms with Crippen molar-refractivity contribution in [3.63, 3.8) is 0 Å². The number of hydrogen-bond donors (Lipinski definition) is 2. The van der Waals surface area contributed by atoms with Gasteiger partial charge in [-0.15, -0.1) is 10.2 Å². The average Bonchev–Trinajstić information content (AvgIpc) is 3.37. The molecule has 2 aromatic carbocycles. The zero-order valence-electron chi connectivity index (χ0n) is 17.1. The molecule has 0 saturated carbocycles. The fraction of sp³-hybridized carbons (Fsp3) is 0.200. The fourth-order valence-corrected chi connectivity index (χ4v) is 5.77. The summed E-state index contributed by atoms with van der Waals surface area (Å²) in [5.74, 6) is -0.526. The lowest BCUT2D eigenvalue weighted by atomic mass is 10.1. The molecule has 4 rings (SSSR count). The van der Waals surface area contributed by atoms with E-state index < -0.39 is 15.9 Å². The van der Waals surface area contributed by atoms with Gasteiger partial charge in [-0.1, -0.05) is 34.5 Å². The van der Waals surface area contributed by atoms with Gasteiger partial charge in [0.15, 0.2) is 0 Å². The van der Waals surface area contributed by atoms with Crippen LogP contribution in [0.15, 0.2) is 40.7 Å². The molecule has 2 amide bonds. The number of hydrogen-bond acceptors (Lipinski definition) is 7. The third-order valence-corrected chi connectivity index (χ3v) is 7.98. The molecule has 1 aromatic heterocycles. The number of anilines is 3. The minimum absolute atomic E-state index is 0.00883. The highest BCUT2D eigenvalue weighted by Gasteiger charge is 2.25. The van der Waals surface area contributed by atoms with Gasteiger partial charge in [0.2, 0.25) is 11.0 Å². The van der Waals surface area contributed by atoms with Crippen LogP contribution in [0.5, 0.6) is 0 Å². The summed E-state index contributed by atoms with van der Waals surface area (Å²) in [6.45, 7) is 2.45. The van der Waals surface area contributed by atoms with Crippen LogP contribution in [0.3, 0.4) is 0 Å². The standard InChI is InChI=1S/C20H17Cl2N5O4S2/c1-11-9-13(5-7-16(11)27-8-2-3-17(27)28)26-33(30,31)20-25-24-19(32-20)23-18(29)14-6-4-12(21)10-15(14)22/h4-7,9-10,26H,2-3,8H2,1H3,(H,23,24,29). The molecule has 1 saturated heterocycles. The first-order valence-corrected chi connectivity index (χ1v) is 12.7. The Bertz CT molecular complexity index is 1360. The monoisotopic (exact) mass is 525 g/mol. The van der Waals surface area contributed by atoms with Crippen LogP contribution < -0.4 is 14.9 Å². The normalized spacial score (nSPS) is 13.9. The number of benzene rings is 2. The number of aromatic nitrogens is 2. The largest absolute Gasteiger partial charge is 0.312 e. The zero-order chi connectivity index (χ0) is 23.8. The number of aryl methyl sites for hydroxylation is 1. The Morgan fingerprint density at radius 1 is 1.15 bits per heavy atom. The second-order valence-corrected chi connectivity index (χ2v) is 10.9. The number of nitrogens with one attached hydrogen (secondary N) is 2. The summed E-state index contributed by atoms with van der Waals surface area (Å²) in [7, 11) is -4.05. The Hall–Kier alpha value is -2.73. The molecule has 0 aliphatic carbocycles. The van der Waals surface area contributed by atoms with Crippen molar-refractivity contribution in [2.75, 3.05) is 21.5 Å². The van der Waals surface area contributed by atoms with E-state index in [1.807, 2.05) is 0 Å². The Kier molecular flexibility index (Phi) is 6.57. The van der Waals surface area contributed by atoms with Gasteiger partial charge in [-0.25, -0.2) is 0 Å². The van der Waals surface area contributed by atoms with Gasteiger partial charge in [-0.2, -0.15) is 8.42 Å². The smallest absolute Gasteiger partial charge is 0.291 e. The first-order chi connectivity index (χ1) is 15.6. The van der Waals surface area contributed by atoms with E-state index in [0.717, 1.165) is 17.7 Å². The number of halogens is 2. The maximum absolute atomic E-state index is 12.8. The SMILES string of the molecule is Cc1cc(NS(=O)(=O)c2nnc(NC(=O)c3ccc(Cl)cc3Cl)s2)ccc1N1CCCC1=O. The van der Waals surface area contributed by atoms with Gasteiger partial charge in [0, 0.05) is 29.4 Å². The molecule has 1 aliphatic heterocycles. The lowest BCUT2D eigenvalue weighted by molar-refractivity contribution is -0.117. The number of amides is 2. The number of nitrogens with zero attached hydrogens (tertiary/aromatic N) is 3. The summed E-state index contributed by atoms with van der Waals surface area (Å²) < 4.78 is 27.6. The summed E-state index contributed by atoms with van der Waals surface area (Å²) in [5.41, 5.74) is 1.99. The molecule has 0 unspecified atom stereocenters. The third-order valence-electron chi connectivity index (χ3n) is 4.85. The van der Waals surface area contributed by atoms with E-state index in [4.69, 9.17) is 23.2 Å². The highest BCUT2D eigenvalue weighted by Crippen LogP contribution is 2.29. The van der Waals surface area contributed by atoms with Crippen molar-refractivity contribution in [3.8, 4) is 0 Å². The van der Waals surface area contributed by atoms with E-state index >= 15 is 0 Å². The molecule has 2 N–H and O–H groups in total. The number of carbonyl (C=O) groups excluding carboxylic acids is 2. The molecule has 0 bridgehead atoms. The maximum Gasteiger partial charge on any atom is 0.291 e. The average molecular weight is 526 g/mol. The predicted molar refractivity (Wildman–Crippen MR) is 128 cm³/mol. The number of carbonyl (C=O) groups is 2. The molecule has 33 heavy (non-hydrogen) atoms. The molecule has 2 heterocycles. The summed E-state index contributed by atoms with van der Waals surface area (Å²) in [4.78, 5) is 26.1. The van der Waals surface area contributed by atoms with Crippen LogP contribution in [0.25, 0.3) is 0 Å². The third kappa shape index (κ3) is 5.11. The van der Waals surface area contributed by atoms with Crippen LogP contribution in [-0.2, 0) is 14.8 Å². The van der Waals surface area contributed by atoms with Gasteiger partial charge in [0.1, 0.15) is 0 Å². The van der Waals surface area contributed by atoms with Gasteiger partial charge in [-0.3, -0.25) is 19.6 Å². The highest BCUT2D eigenvalue weighted by atomic mass is 35.5. The molecule has 3 aromatic rings. The quantitative estimate of drug-likeness (QED) is 0.461. The van der Waals surface area contributed by atoms with Gasteiger partial charge in [-0.05, 0) is 55.3 Å². The van der Waals surface area contributed by atoms with Gasteiger partial charge in [0.05, 0.1) is 10.6 Å². The number of sulfonamides is 1. The molecule has 0 spiro atoms. The maximum atomic E-state index is 12.8. The summed E-state index contributed by atoms with van der Waals surface area (Å²) in [6.07, 6.45) is 1.31. The van der Waals surface area contributed by atoms with E-state index in [-0.39, 0.29) is 26.0 Å². The summed E-state index contributed by atoms with van der Waals surface area (Å²) in [5, 5.41) is 10.4. The predicted octanol–water partition coefficient (Wildman–Crippen LogP) is 4.33. The molecular weight excluding hydrogens is 509 g/mol. The number of rotatable bonds is 6. The fourth-order valence-electron chi connectivity index (χ4n) is 3.33. The Balaban J connectivity index is 1.48. The van der Waals surface area contributed by atoms with Crippen LogP contribution in [0, 0.1) is 6.92 Å². The van der Waals surface area contributed by atoms with E-state index in [0.29, 0.717) is 35.0 Å². The van der Waals surface area contributed by atoms with Crippen molar-refractivity contribution in [2.24, 2.45) is 0 Å². The van der Waals surface area contributed by atoms with Crippen molar-refractivity contribution in [3.05, 3.63) is 57.6 Å². The lowest BCUT2D eigenvalue weighted by Crippen LogP contribution is -2.24.